The molecule has 0 saturated carbocycles. The maximum Gasteiger partial charge on any atom is 0.119 e. The summed E-state index contributed by atoms with van der Waals surface area (Å²) in [6.07, 6.45) is 0.643. The van der Waals surface area contributed by atoms with E-state index in [4.69, 9.17) is 10.5 Å². The lowest BCUT2D eigenvalue weighted by atomic mass is 9.67. The van der Waals surface area contributed by atoms with Crippen molar-refractivity contribution < 1.29 is 9.84 Å². The average Bonchev–Trinajstić information content (AvgIpc) is 2.29. The third kappa shape index (κ3) is 3.03. The van der Waals surface area contributed by atoms with E-state index in [0.29, 0.717) is 13.0 Å². The van der Waals surface area contributed by atoms with E-state index in [1.165, 1.54) is 0 Å². The third-order valence-corrected chi connectivity index (χ3v) is 3.84. The van der Waals surface area contributed by atoms with E-state index < -0.39 is 5.54 Å². The monoisotopic (exact) mass is 251 g/mol. The van der Waals surface area contributed by atoms with Crippen LogP contribution >= 0.6 is 0 Å². The summed E-state index contributed by atoms with van der Waals surface area (Å²) in [5.74, 6) is 0.863. The van der Waals surface area contributed by atoms with Gasteiger partial charge >= 0.3 is 0 Å². The fourth-order valence-electron chi connectivity index (χ4n) is 2.15. The van der Waals surface area contributed by atoms with Crippen molar-refractivity contribution in [1.29, 1.82) is 0 Å². The van der Waals surface area contributed by atoms with Gasteiger partial charge in [-0.05, 0) is 44.9 Å². The molecule has 102 valence electrons. The first-order valence-electron chi connectivity index (χ1n) is 6.48. The Morgan fingerprint density at radius 1 is 1.17 bits per heavy atom. The summed E-state index contributed by atoms with van der Waals surface area (Å²) in [7, 11) is 0. The lowest BCUT2D eigenvalue weighted by Crippen LogP contribution is -2.52. The number of nitrogens with two attached hydrogens (primary N) is 1. The minimum atomic E-state index is -0.400. The lowest BCUT2D eigenvalue weighted by Gasteiger charge is -2.42. The first-order valence-corrected chi connectivity index (χ1v) is 6.48. The topological polar surface area (TPSA) is 55.5 Å². The van der Waals surface area contributed by atoms with Gasteiger partial charge in [-0.1, -0.05) is 19.1 Å². The van der Waals surface area contributed by atoms with Gasteiger partial charge in [0.2, 0.25) is 0 Å². The summed E-state index contributed by atoms with van der Waals surface area (Å²) >= 11 is 0. The second kappa shape index (κ2) is 5.72. The van der Waals surface area contributed by atoms with Crippen LogP contribution in [-0.2, 0) is 5.41 Å². The molecule has 0 fully saturated rings. The van der Waals surface area contributed by atoms with Crippen molar-refractivity contribution >= 4 is 0 Å². The standard InChI is InChI=1S/C15H25NO2/c1-5-18-13-8-6-12(7-9-13)15(4,10-11-17)14(2,3)16/h6-9,17H,5,10-11,16H2,1-4H3. The molecule has 0 aliphatic carbocycles. The molecule has 1 atom stereocenters. The molecule has 0 heterocycles. The van der Waals surface area contributed by atoms with Crippen LogP contribution in [0.25, 0.3) is 0 Å². The largest absolute Gasteiger partial charge is 0.494 e. The van der Waals surface area contributed by atoms with Gasteiger partial charge in [-0.3, -0.25) is 0 Å². The second-order valence-electron chi connectivity index (χ2n) is 5.48. The number of benzene rings is 1. The predicted molar refractivity (Wildman–Crippen MR) is 74.9 cm³/mol. The molecule has 0 aliphatic rings. The summed E-state index contributed by atoms with van der Waals surface area (Å²) in [5.41, 5.74) is 6.76. The van der Waals surface area contributed by atoms with Gasteiger partial charge in [-0.15, -0.1) is 0 Å². The number of hydrogen-bond acceptors (Lipinski definition) is 3. The van der Waals surface area contributed by atoms with Crippen LogP contribution in [0.3, 0.4) is 0 Å². The van der Waals surface area contributed by atoms with Crippen LogP contribution in [0.15, 0.2) is 24.3 Å². The molecule has 1 rings (SSSR count). The van der Waals surface area contributed by atoms with Crippen LogP contribution in [0, 0.1) is 0 Å². The SMILES string of the molecule is CCOc1ccc(C(C)(CCO)C(C)(C)N)cc1. The molecule has 0 spiro atoms. The van der Waals surface area contributed by atoms with E-state index in [2.05, 4.69) is 6.92 Å². The van der Waals surface area contributed by atoms with E-state index in [0.717, 1.165) is 11.3 Å². The highest BCUT2D eigenvalue weighted by molar-refractivity contribution is 5.34. The number of aliphatic hydroxyl groups excluding tert-OH is 1. The molecule has 1 aromatic rings. The molecule has 3 heteroatoms. The van der Waals surface area contributed by atoms with E-state index in [-0.39, 0.29) is 12.0 Å². The van der Waals surface area contributed by atoms with Crippen LogP contribution in [0.2, 0.25) is 0 Å². The fourth-order valence-corrected chi connectivity index (χ4v) is 2.15. The van der Waals surface area contributed by atoms with Gasteiger partial charge in [-0.25, -0.2) is 0 Å². The Balaban J connectivity index is 3.07. The van der Waals surface area contributed by atoms with Crippen molar-refractivity contribution in [2.24, 2.45) is 5.73 Å². The third-order valence-electron chi connectivity index (χ3n) is 3.84. The predicted octanol–water partition coefficient (Wildman–Crippen LogP) is 2.46. The van der Waals surface area contributed by atoms with Crippen LogP contribution < -0.4 is 10.5 Å². The molecule has 0 amide bonds. The molecular formula is C15H25NO2. The van der Waals surface area contributed by atoms with Gasteiger partial charge in [0.05, 0.1) is 6.61 Å². The van der Waals surface area contributed by atoms with Crippen molar-refractivity contribution in [1.82, 2.24) is 0 Å². The molecule has 3 N–H and O–H groups in total. The molecular weight excluding hydrogens is 226 g/mol. The van der Waals surface area contributed by atoms with Crippen LogP contribution in [0.1, 0.15) is 39.7 Å². The van der Waals surface area contributed by atoms with E-state index in [9.17, 15) is 5.11 Å². The normalized spacial score (nSPS) is 15.2. The Kier molecular flexibility index (Phi) is 4.77. The molecule has 1 aromatic carbocycles. The lowest BCUT2D eigenvalue weighted by molar-refractivity contribution is 0.190. The highest BCUT2D eigenvalue weighted by Gasteiger charge is 2.39. The number of rotatable bonds is 6. The molecule has 1 unspecified atom stereocenters. The van der Waals surface area contributed by atoms with Crippen molar-refractivity contribution in [3.05, 3.63) is 29.8 Å². The zero-order valence-electron chi connectivity index (χ0n) is 11.9. The summed E-state index contributed by atoms with van der Waals surface area (Å²) in [4.78, 5) is 0. The second-order valence-corrected chi connectivity index (χ2v) is 5.48. The Hall–Kier alpha value is -1.06. The maximum absolute atomic E-state index is 9.29. The Morgan fingerprint density at radius 3 is 2.11 bits per heavy atom. The number of ether oxygens (including phenoxy) is 1. The van der Waals surface area contributed by atoms with Crippen LogP contribution in [0.4, 0.5) is 0 Å². The summed E-state index contributed by atoms with van der Waals surface area (Å²) in [6, 6.07) is 7.99. The Morgan fingerprint density at radius 2 is 1.72 bits per heavy atom. The van der Waals surface area contributed by atoms with Gasteiger partial charge in [0, 0.05) is 17.6 Å². The van der Waals surface area contributed by atoms with Gasteiger partial charge in [0.1, 0.15) is 5.75 Å². The van der Waals surface area contributed by atoms with E-state index >= 15 is 0 Å². The van der Waals surface area contributed by atoms with Gasteiger partial charge < -0.3 is 15.6 Å². The zero-order valence-corrected chi connectivity index (χ0v) is 11.9. The average molecular weight is 251 g/mol. The summed E-state index contributed by atoms with van der Waals surface area (Å²) < 4.78 is 5.44. The van der Waals surface area contributed by atoms with Gasteiger partial charge in [-0.2, -0.15) is 0 Å². The van der Waals surface area contributed by atoms with Crippen molar-refractivity contribution in [3.63, 3.8) is 0 Å². The van der Waals surface area contributed by atoms with Crippen molar-refractivity contribution in [3.8, 4) is 5.75 Å². The first-order chi connectivity index (χ1) is 8.35. The summed E-state index contributed by atoms with van der Waals surface area (Å²) in [5, 5.41) is 9.29. The molecule has 0 saturated heterocycles. The minimum Gasteiger partial charge on any atom is -0.494 e. The maximum atomic E-state index is 9.29. The first kappa shape index (κ1) is 15.0. The van der Waals surface area contributed by atoms with Gasteiger partial charge in [0.25, 0.3) is 0 Å². The van der Waals surface area contributed by atoms with E-state index in [1.807, 2.05) is 45.0 Å². The quantitative estimate of drug-likeness (QED) is 0.816. The molecule has 18 heavy (non-hydrogen) atoms. The molecule has 0 radical (unpaired) electrons. The highest BCUT2D eigenvalue weighted by atomic mass is 16.5. The molecule has 3 nitrogen and oxygen atoms in total. The number of aliphatic hydroxyl groups is 1. The van der Waals surface area contributed by atoms with Crippen molar-refractivity contribution in [2.75, 3.05) is 13.2 Å². The molecule has 0 bridgehead atoms. The smallest absolute Gasteiger partial charge is 0.119 e. The summed E-state index contributed by atoms with van der Waals surface area (Å²) in [6.45, 7) is 8.85. The van der Waals surface area contributed by atoms with E-state index in [1.54, 1.807) is 0 Å². The minimum absolute atomic E-state index is 0.129. The van der Waals surface area contributed by atoms with Crippen molar-refractivity contribution in [2.45, 2.75) is 45.1 Å². The Labute approximate surface area is 110 Å². The van der Waals surface area contributed by atoms with Crippen LogP contribution in [0.5, 0.6) is 5.75 Å². The number of hydrogen-bond donors (Lipinski definition) is 2. The zero-order chi connectivity index (χ0) is 13.8. The fraction of sp³-hybridized carbons (Fsp3) is 0.600. The highest BCUT2D eigenvalue weighted by Crippen LogP contribution is 2.37. The van der Waals surface area contributed by atoms with Gasteiger partial charge in [0.15, 0.2) is 0 Å². The molecule has 0 aliphatic heterocycles. The Bertz CT molecular complexity index is 367. The van der Waals surface area contributed by atoms with Crippen LogP contribution in [-0.4, -0.2) is 23.9 Å². The molecule has 0 aromatic heterocycles.